The van der Waals surface area contributed by atoms with Crippen molar-refractivity contribution in [3.63, 3.8) is 0 Å². The third-order valence-electron chi connectivity index (χ3n) is 4.97. The lowest BCUT2D eigenvalue weighted by Crippen LogP contribution is -2.18. The summed E-state index contributed by atoms with van der Waals surface area (Å²) in [4.78, 5) is 45.7. The number of carbonyl (C=O) groups is 4. The summed E-state index contributed by atoms with van der Waals surface area (Å²) >= 11 is 0. The van der Waals surface area contributed by atoms with Gasteiger partial charge < -0.3 is 14.2 Å². The lowest BCUT2D eigenvalue weighted by Gasteiger charge is -2.10. The summed E-state index contributed by atoms with van der Waals surface area (Å²) in [7, 11) is 0. The summed E-state index contributed by atoms with van der Waals surface area (Å²) in [5, 5.41) is 0. The fraction of sp³-hybridized carbons (Fsp3) is 0.143. The van der Waals surface area contributed by atoms with Crippen molar-refractivity contribution in [2.75, 3.05) is 13.2 Å². The summed E-state index contributed by atoms with van der Waals surface area (Å²) in [6.45, 7) is 5.55. The Balaban J connectivity index is 1.69. The normalized spacial score (nSPS) is 10.3. The third-order valence-corrected chi connectivity index (χ3v) is 4.97. The lowest BCUT2D eigenvalue weighted by molar-refractivity contribution is -0.153. The maximum Gasteiger partial charge on any atom is 0.374 e. The van der Waals surface area contributed by atoms with Crippen molar-refractivity contribution in [1.29, 1.82) is 0 Å². The predicted octanol–water partition coefficient (Wildman–Crippen LogP) is 4.93. The van der Waals surface area contributed by atoms with Crippen molar-refractivity contribution >= 4 is 23.7 Å². The molecular weight excluding hydrogens is 467 g/mol. The van der Waals surface area contributed by atoms with Gasteiger partial charge in [-0.15, -0.1) is 0 Å². The molecule has 0 saturated carbocycles. The number of Topliss-reactive ketones (excluding diaryl/α,β-unsaturated/α-hetero) is 1. The van der Waals surface area contributed by atoms with Crippen LogP contribution in [0.4, 0.5) is 4.39 Å². The molecule has 3 aromatic rings. The van der Waals surface area contributed by atoms with E-state index in [2.05, 4.69) is 11.3 Å². The van der Waals surface area contributed by atoms with E-state index in [4.69, 9.17) is 9.47 Å². The summed E-state index contributed by atoms with van der Waals surface area (Å²) in [5.41, 5.74) is 3.02. The maximum atomic E-state index is 14.7. The number of hydrogen-bond acceptors (Lipinski definition) is 7. The first-order valence-electron chi connectivity index (χ1n) is 10.9. The van der Waals surface area contributed by atoms with E-state index in [0.717, 1.165) is 23.6 Å². The van der Waals surface area contributed by atoms with Gasteiger partial charge in [-0.05, 0) is 59.5 Å². The van der Waals surface area contributed by atoms with Crippen molar-refractivity contribution < 1.29 is 37.8 Å². The van der Waals surface area contributed by atoms with Gasteiger partial charge in [0.15, 0.2) is 0 Å². The molecule has 0 heterocycles. The van der Waals surface area contributed by atoms with Gasteiger partial charge in [0.25, 0.3) is 0 Å². The number of halogens is 1. The molecule has 0 radical (unpaired) electrons. The summed E-state index contributed by atoms with van der Waals surface area (Å²) in [6.07, 6.45) is 0. The second-order valence-corrected chi connectivity index (χ2v) is 7.80. The minimum atomic E-state index is -1.04. The standard InChI is InChI=1S/C28H23FO7/c1-17(2)26(31)36-23-10-7-19(8-11-23)20-5-4-6-21(15-20)22-9-12-24(25(29)16-22)28(33)35-14-13-34-27(32)18(3)30/h4-12,15-16H,1,13-14H2,2-3H3. The Hall–Kier alpha value is -4.59. The highest BCUT2D eigenvalue weighted by Gasteiger charge is 2.16. The van der Waals surface area contributed by atoms with Crippen LogP contribution in [-0.2, 0) is 23.9 Å². The van der Waals surface area contributed by atoms with E-state index in [1.807, 2.05) is 24.3 Å². The molecule has 0 N–H and O–H groups in total. The zero-order chi connectivity index (χ0) is 26.2. The van der Waals surface area contributed by atoms with E-state index in [0.29, 0.717) is 16.9 Å². The van der Waals surface area contributed by atoms with Crippen LogP contribution in [0.1, 0.15) is 24.2 Å². The van der Waals surface area contributed by atoms with Crippen molar-refractivity contribution in [1.82, 2.24) is 0 Å². The summed E-state index contributed by atoms with van der Waals surface area (Å²) in [5.74, 6) is -3.61. The zero-order valence-corrected chi connectivity index (χ0v) is 19.7. The number of ether oxygens (including phenoxy) is 3. The highest BCUT2D eigenvalue weighted by atomic mass is 19.1. The van der Waals surface area contributed by atoms with E-state index >= 15 is 0 Å². The maximum absolute atomic E-state index is 14.7. The Labute approximate surface area is 207 Å². The number of esters is 3. The summed E-state index contributed by atoms with van der Waals surface area (Å²) in [6, 6.07) is 18.5. The SMILES string of the molecule is C=C(C)C(=O)Oc1ccc(-c2cccc(-c3ccc(C(=O)OCCOC(=O)C(C)=O)c(F)c3)c2)cc1. The molecule has 0 spiro atoms. The second kappa shape index (κ2) is 11.7. The number of rotatable bonds is 9. The smallest absolute Gasteiger partial charge is 0.374 e. The van der Waals surface area contributed by atoms with Gasteiger partial charge in [0, 0.05) is 12.5 Å². The van der Waals surface area contributed by atoms with Crippen LogP contribution in [-0.4, -0.2) is 36.9 Å². The van der Waals surface area contributed by atoms with Crippen LogP contribution >= 0.6 is 0 Å². The first kappa shape index (κ1) is 26.0. The molecule has 36 heavy (non-hydrogen) atoms. The van der Waals surface area contributed by atoms with Gasteiger partial charge in [0.2, 0.25) is 5.78 Å². The van der Waals surface area contributed by atoms with Gasteiger partial charge in [0.1, 0.15) is 24.8 Å². The molecule has 0 aliphatic carbocycles. The molecule has 0 amide bonds. The summed E-state index contributed by atoms with van der Waals surface area (Å²) < 4.78 is 29.4. The van der Waals surface area contributed by atoms with Gasteiger partial charge in [-0.1, -0.05) is 43.0 Å². The van der Waals surface area contributed by atoms with E-state index in [9.17, 15) is 23.6 Å². The van der Waals surface area contributed by atoms with Crippen molar-refractivity contribution in [2.45, 2.75) is 13.8 Å². The van der Waals surface area contributed by atoms with Crippen LogP contribution in [0, 0.1) is 5.82 Å². The van der Waals surface area contributed by atoms with Crippen LogP contribution < -0.4 is 4.74 Å². The Bertz CT molecular complexity index is 1330. The molecule has 7 nitrogen and oxygen atoms in total. The molecule has 0 aliphatic heterocycles. The molecule has 0 bridgehead atoms. The average molecular weight is 490 g/mol. The molecule has 0 aromatic heterocycles. The molecule has 3 rings (SSSR count). The van der Waals surface area contributed by atoms with Crippen LogP contribution in [0.2, 0.25) is 0 Å². The minimum Gasteiger partial charge on any atom is -0.458 e. The van der Waals surface area contributed by atoms with Crippen LogP contribution in [0.25, 0.3) is 22.3 Å². The Morgan fingerprint density at radius 3 is 1.94 bits per heavy atom. The number of benzene rings is 3. The van der Waals surface area contributed by atoms with Crippen LogP contribution in [0.3, 0.4) is 0 Å². The van der Waals surface area contributed by atoms with Crippen molar-refractivity contribution in [3.05, 3.63) is 90.3 Å². The lowest BCUT2D eigenvalue weighted by atomic mass is 9.98. The van der Waals surface area contributed by atoms with Gasteiger partial charge in [-0.2, -0.15) is 0 Å². The Morgan fingerprint density at radius 1 is 0.750 bits per heavy atom. The van der Waals surface area contributed by atoms with Gasteiger partial charge in [-0.25, -0.2) is 18.8 Å². The van der Waals surface area contributed by atoms with Gasteiger partial charge in [-0.3, -0.25) is 4.79 Å². The van der Waals surface area contributed by atoms with E-state index in [1.54, 1.807) is 37.3 Å². The molecule has 0 aliphatic rings. The molecule has 0 fully saturated rings. The van der Waals surface area contributed by atoms with Crippen molar-refractivity contribution in [2.24, 2.45) is 0 Å². The quantitative estimate of drug-likeness (QED) is 0.138. The van der Waals surface area contributed by atoms with Crippen molar-refractivity contribution in [3.8, 4) is 28.0 Å². The molecule has 3 aromatic carbocycles. The second-order valence-electron chi connectivity index (χ2n) is 7.80. The minimum absolute atomic E-state index is 0.271. The largest absolute Gasteiger partial charge is 0.458 e. The van der Waals surface area contributed by atoms with Gasteiger partial charge in [0.05, 0.1) is 5.56 Å². The monoisotopic (exact) mass is 490 g/mol. The molecule has 0 unspecified atom stereocenters. The number of hydrogen-bond donors (Lipinski definition) is 0. The fourth-order valence-corrected chi connectivity index (χ4v) is 3.10. The zero-order valence-electron chi connectivity index (χ0n) is 19.7. The number of ketones is 1. The first-order chi connectivity index (χ1) is 17.2. The average Bonchev–Trinajstić information content (AvgIpc) is 2.86. The van der Waals surface area contributed by atoms with E-state index in [-0.39, 0.29) is 18.8 Å². The molecular formula is C28H23FO7. The Morgan fingerprint density at radius 2 is 1.33 bits per heavy atom. The molecule has 8 heteroatoms. The van der Waals surface area contributed by atoms with E-state index in [1.165, 1.54) is 12.1 Å². The van der Waals surface area contributed by atoms with Crippen LogP contribution in [0.5, 0.6) is 5.75 Å². The molecule has 184 valence electrons. The fourth-order valence-electron chi connectivity index (χ4n) is 3.10. The Kier molecular flexibility index (Phi) is 8.46. The first-order valence-corrected chi connectivity index (χ1v) is 10.9. The van der Waals surface area contributed by atoms with E-state index < -0.39 is 29.5 Å². The highest BCUT2D eigenvalue weighted by Crippen LogP contribution is 2.29. The number of carbonyl (C=O) groups excluding carboxylic acids is 4. The van der Waals surface area contributed by atoms with Gasteiger partial charge >= 0.3 is 17.9 Å². The highest BCUT2D eigenvalue weighted by molar-refractivity contribution is 6.32. The third kappa shape index (κ3) is 6.73. The van der Waals surface area contributed by atoms with Crippen LogP contribution in [0.15, 0.2) is 78.9 Å². The molecule has 0 atom stereocenters. The topological polar surface area (TPSA) is 96.0 Å². The predicted molar refractivity (Wildman–Crippen MR) is 130 cm³/mol. The molecule has 0 saturated heterocycles.